The van der Waals surface area contributed by atoms with E-state index >= 15 is 0 Å². The number of nitrogen functional groups attached to an aromatic ring is 1. The third kappa shape index (κ3) is 5.34. The zero-order chi connectivity index (χ0) is 20.1. The summed E-state index contributed by atoms with van der Waals surface area (Å²) in [5.74, 6) is 1.41. The van der Waals surface area contributed by atoms with E-state index in [1.807, 2.05) is 30.3 Å². The summed E-state index contributed by atoms with van der Waals surface area (Å²) in [6.07, 6.45) is 0. The average Bonchev–Trinajstić information content (AvgIpc) is 2.74. The van der Waals surface area contributed by atoms with Gasteiger partial charge in [0.25, 0.3) is 0 Å². The van der Waals surface area contributed by atoms with Gasteiger partial charge in [-0.3, -0.25) is 4.90 Å². The first-order valence-corrected chi connectivity index (χ1v) is 10.0. The Bertz CT molecular complexity index is 926. The number of nitrogens with two attached hydrogens (primary N) is 1. The Balaban J connectivity index is 1.34. The topological polar surface area (TPSA) is 83.2 Å². The molecule has 0 unspecified atom stereocenters. The van der Waals surface area contributed by atoms with E-state index in [1.165, 1.54) is 5.69 Å². The van der Waals surface area contributed by atoms with Crippen LogP contribution >= 0.6 is 11.6 Å². The Morgan fingerprint density at radius 3 is 2.34 bits per heavy atom. The first kappa shape index (κ1) is 19.4. The standard InChI is InChI=1S/C21H24ClN7/c22-17-8-6-16(7-9-17)14-24-21-26-19(25-20(23)27-21)15-28-10-12-29(13-11-28)18-4-2-1-3-5-18/h1-9H,10-15H2,(H3,23,24,25,26,27). The van der Waals surface area contributed by atoms with Gasteiger partial charge in [0, 0.05) is 43.4 Å². The second-order valence-corrected chi connectivity index (χ2v) is 7.45. The van der Waals surface area contributed by atoms with Crippen LogP contribution in [0.1, 0.15) is 11.4 Å². The van der Waals surface area contributed by atoms with Gasteiger partial charge >= 0.3 is 0 Å². The number of rotatable bonds is 6. The van der Waals surface area contributed by atoms with Crippen LogP contribution in [0, 0.1) is 0 Å². The van der Waals surface area contributed by atoms with Crippen molar-refractivity contribution in [1.82, 2.24) is 19.9 Å². The molecule has 1 aliphatic rings. The highest BCUT2D eigenvalue weighted by Crippen LogP contribution is 2.17. The van der Waals surface area contributed by atoms with Gasteiger partial charge in [-0.05, 0) is 29.8 Å². The van der Waals surface area contributed by atoms with Crippen molar-refractivity contribution in [2.75, 3.05) is 42.1 Å². The highest BCUT2D eigenvalue weighted by molar-refractivity contribution is 6.30. The molecule has 0 atom stereocenters. The van der Waals surface area contributed by atoms with Gasteiger partial charge in [0.05, 0.1) is 6.54 Å². The maximum atomic E-state index is 5.93. The Morgan fingerprint density at radius 1 is 0.897 bits per heavy atom. The van der Waals surface area contributed by atoms with E-state index in [2.05, 4.69) is 54.3 Å². The lowest BCUT2D eigenvalue weighted by Crippen LogP contribution is -2.46. The number of nitrogens with one attached hydrogen (secondary N) is 1. The molecule has 0 bridgehead atoms. The van der Waals surface area contributed by atoms with Gasteiger partial charge in [0.2, 0.25) is 11.9 Å². The molecule has 1 saturated heterocycles. The van der Waals surface area contributed by atoms with Crippen molar-refractivity contribution in [3.8, 4) is 0 Å². The lowest BCUT2D eigenvalue weighted by Gasteiger charge is -2.35. The van der Waals surface area contributed by atoms with Gasteiger partial charge in [-0.1, -0.05) is 41.9 Å². The molecule has 7 nitrogen and oxygen atoms in total. The number of hydrogen-bond acceptors (Lipinski definition) is 7. The van der Waals surface area contributed by atoms with Crippen LogP contribution in [-0.4, -0.2) is 46.0 Å². The molecule has 3 aromatic rings. The average molecular weight is 410 g/mol. The van der Waals surface area contributed by atoms with Gasteiger partial charge in [-0.25, -0.2) is 0 Å². The molecule has 8 heteroatoms. The van der Waals surface area contributed by atoms with Crippen LogP contribution in [0.3, 0.4) is 0 Å². The van der Waals surface area contributed by atoms with E-state index in [4.69, 9.17) is 17.3 Å². The fraction of sp³-hybridized carbons (Fsp3) is 0.286. The first-order chi connectivity index (χ1) is 14.2. The van der Waals surface area contributed by atoms with Crippen LogP contribution in [0.4, 0.5) is 17.6 Å². The summed E-state index contributed by atoms with van der Waals surface area (Å²) >= 11 is 5.93. The minimum absolute atomic E-state index is 0.233. The van der Waals surface area contributed by atoms with E-state index < -0.39 is 0 Å². The van der Waals surface area contributed by atoms with E-state index in [0.717, 1.165) is 31.7 Å². The lowest BCUT2D eigenvalue weighted by atomic mass is 10.2. The molecule has 0 saturated carbocycles. The minimum Gasteiger partial charge on any atom is -0.369 e. The summed E-state index contributed by atoms with van der Waals surface area (Å²) in [4.78, 5) is 17.8. The largest absolute Gasteiger partial charge is 0.369 e. The number of hydrogen-bond donors (Lipinski definition) is 2. The van der Waals surface area contributed by atoms with E-state index in [1.54, 1.807) is 0 Å². The monoisotopic (exact) mass is 409 g/mol. The van der Waals surface area contributed by atoms with Crippen molar-refractivity contribution in [1.29, 1.82) is 0 Å². The van der Waals surface area contributed by atoms with Crippen molar-refractivity contribution in [2.24, 2.45) is 0 Å². The molecule has 3 N–H and O–H groups in total. The SMILES string of the molecule is Nc1nc(CN2CCN(c3ccccc3)CC2)nc(NCc2ccc(Cl)cc2)n1. The van der Waals surface area contributed by atoms with Gasteiger partial charge < -0.3 is 16.0 Å². The van der Waals surface area contributed by atoms with Crippen molar-refractivity contribution in [3.63, 3.8) is 0 Å². The van der Waals surface area contributed by atoms with Crippen LogP contribution < -0.4 is 16.0 Å². The summed E-state index contributed by atoms with van der Waals surface area (Å²) in [7, 11) is 0. The van der Waals surface area contributed by atoms with Gasteiger partial charge in [-0.2, -0.15) is 15.0 Å². The summed E-state index contributed by atoms with van der Waals surface area (Å²) in [6, 6.07) is 18.2. The zero-order valence-electron chi connectivity index (χ0n) is 16.1. The second kappa shape index (κ2) is 9.07. The minimum atomic E-state index is 0.233. The quantitative estimate of drug-likeness (QED) is 0.647. The summed E-state index contributed by atoms with van der Waals surface area (Å²) in [5.41, 5.74) is 8.26. The molecule has 29 heavy (non-hydrogen) atoms. The predicted octanol–water partition coefficient (Wildman–Crippen LogP) is 3.04. The normalized spacial score (nSPS) is 14.7. The summed E-state index contributed by atoms with van der Waals surface area (Å²) in [5, 5.41) is 3.93. The molecule has 0 amide bonds. The van der Waals surface area contributed by atoms with E-state index in [-0.39, 0.29) is 5.95 Å². The molecule has 1 aromatic heterocycles. The van der Waals surface area contributed by atoms with Crippen LogP contribution in [0.15, 0.2) is 54.6 Å². The molecule has 0 spiro atoms. The Morgan fingerprint density at radius 2 is 1.62 bits per heavy atom. The Hall–Kier alpha value is -2.90. The summed E-state index contributed by atoms with van der Waals surface area (Å²) < 4.78 is 0. The molecule has 0 aliphatic carbocycles. The molecule has 1 fully saturated rings. The number of piperazine rings is 1. The van der Waals surface area contributed by atoms with Crippen molar-refractivity contribution < 1.29 is 0 Å². The van der Waals surface area contributed by atoms with Crippen molar-refractivity contribution in [3.05, 3.63) is 71.0 Å². The molecule has 150 valence electrons. The maximum Gasteiger partial charge on any atom is 0.228 e. The molecule has 2 heterocycles. The fourth-order valence-electron chi connectivity index (χ4n) is 3.37. The van der Waals surface area contributed by atoms with Crippen LogP contribution in [0.5, 0.6) is 0 Å². The smallest absolute Gasteiger partial charge is 0.228 e. The maximum absolute atomic E-state index is 5.93. The Kier molecular flexibility index (Phi) is 6.07. The second-order valence-electron chi connectivity index (χ2n) is 7.01. The third-order valence-electron chi connectivity index (χ3n) is 4.92. The van der Waals surface area contributed by atoms with Crippen LogP contribution in [-0.2, 0) is 13.1 Å². The van der Waals surface area contributed by atoms with E-state index in [9.17, 15) is 0 Å². The molecule has 1 aliphatic heterocycles. The first-order valence-electron chi connectivity index (χ1n) is 9.67. The van der Waals surface area contributed by atoms with Gasteiger partial charge in [0.1, 0.15) is 5.82 Å². The molecule has 2 aromatic carbocycles. The summed E-state index contributed by atoms with van der Waals surface area (Å²) in [6.45, 7) is 5.11. The highest BCUT2D eigenvalue weighted by atomic mass is 35.5. The molecule has 0 radical (unpaired) electrons. The van der Waals surface area contributed by atoms with E-state index in [0.29, 0.717) is 29.9 Å². The molecular weight excluding hydrogens is 386 g/mol. The number of benzene rings is 2. The number of nitrogens with zero attached hydrogens (tertiary/aromatic N) is 5. The zero-order valence-corrected chi connectivity index (χ0v) is 16.9. The highest BCUT2D eigenvalue weighted by Gasteiger charge is 2.18. The van der Waals surface area contributed by atoms with Crippen molar-refractivity contribution in [2.45, 2.75) is 13.1 Å². The molecule has 4 rings (SSSR count). The molecular formula is C21H24ClN7. The fourth-order valence-corrected chi connectivity index (χ4v) is 3.50. The van der Waals surface area contributed by atoms with Gasteiger partial charge in [0.15, 0.2) is 0 Å². The Labute approximate surface area is 175 Å². The van der Waals surface area contributed by atoms with Crippen molar-refractivity contribution >= 4 is 29.2 Å². The number of anilines is 3. The van der Waals surface area contributed by atoms with Gasteiger partial charge in [-0.15, -0.1) is 0 Å². The number of para-hydroxylation sites is 1. The number of halogens is 1. The predicted molar refractivity (Wildman–Crippen MR) is 117 cm³/mol. The van der Waals surface area contributed by atoms with Crippen LogP contribution in [0.25, 0.3) is 0 Å². The van der Waals surface area contributed by atoms with Crippen LogP contribution in [0.2, 0.25) is 5.02 Å². The lowest BCUT2D eigenvalue weighted by molar-refractivity contribution is 0.244. The third-order valence-corrected chi connectivity index (χ3v) is 5.17. The number of aromatic nitrogens is 3.